The molecular weight excluding hydrogens is 211 g/mol. The van der Waals surface area contributed by atoms with Gasteiger partial charge in [-0.25, -0.2) is 4.39 Å². The van der Waals surface area contributed by atoms with Gasteiger partial charge in [0.25, 0.3) is 0 Å². The molecule has 0 aliphatic rings. The number of aliphatic hydroxyl groups is 1. The van der Waals surface area contributed by atoms with Crippen molar-refractivity contribution in [2.24, 2.45) is 0 Å². The predicted octanol–water partition coefficient (Wildman–Crippen LogP) is 2.25. The second kappa shape index (κ2) is 5.16. The minimum atomic E-state index is -0.453. The van der Waals surface area contributed by atoms with Gasteiger partial charge in [0.05, 0.1) is 14.2 Å². The highest BCUT2D eigenvalue weighted by molar-refractivity contribution is 5.53. The summed E-state index contributed by atoms with van der Waals surface area (Å²) in [4.78, 5) is 0. The van der Waals surface area contributed by atoms with Gasteiger partial charge in [-0.3, -0.25) is 0 Å². The summed E-state index contributed by atoms with van der Waals surface area (Å²) in [5.74, 6) is -0.125. The molecule has 0 bridgehead atoms. The van der Waals surface area contributed by atoms with E-state index in [1.54, 1.807) is 6.92 Å². The average molecular weight is 228 g/mol. The van der Waals surface area contributed by atoms with Crippen LogP contribution in [0.2, 0.25) is 0 Å². The third-order valence-electron chi connectivity index (χ3n) is 2.61. The summed E-state index contributed by atoms with van der Waals surface area (Å²) in [5.41, 5.74) is 1.53. The highest BCUT2D eigenvalue weighted by Crippen LogP contribution is 2.39. The first-order chi connectivity index (χ1) is 7.56. The molecule has 0 aliphatic carbocycles. The van der Waals surface area contributed by atoms with Crippen molar-refractivity contribution < 1.29 is 19.0 Å². The number of benzene rings is 1. The van der Waals surface area contributed by atoms with E-state index in [1.807, 2.05) is 6.92 Å². The molecule has 1 rings (SSSR count). The van der Waals surface area contributed by atoms with Crippen molar-refractivity contribution in [3.63, 3.8) is 0 Å². The normalized spacial score (nSPS) is 12.4. The van der Waals surface area contributed by atoms with E-state index in [2.05, 4.69) is 0 Å². The van der Waals surface area contributed by atoms with Gasteiger partial charge in [-0.05, 0) is 18.6 Å². The van der Waals surface area contributed by atoms with Crippen molar-refractivity contribution in [3.8, 4) is 11.5 Å². The lowest BCUT2D eigenvalue weighted by Crippen LogP contribution is -2.07. The smallest absolute Gasteiger partial charge is 0.197 e. The van der Waals surface area contributed by atoms with Gasteiger partial charge < -0.3 is 14.6 Å². The molecule has 0 fully saturated rings. The molecule has 3 nitrogen and oxygen atoms in total. The molecule has 0 heterocycles. The zero-order chi connectivity index (χ0) is 12.3. The van der Waals surface area contributed by atoms with Gasteiger partial charge in [0, 0.05) is 18.1 Å². The van der Waals surface area contributed by atoms with Gasteiger partial charge in [0.15, 0.2) is 17.3 Å². The van der Waals surface area contributed by atoms with Gasteiger partial charge in [-0.1, -0.05) is 6.92 Å². The second-order valence-electron chi connectivity index (χ2n) is 3.74. The van der Waals surface area contributed by atoms with E-state index in [0.717, 1.165) is 11.1 Å². The molecule has 1 aromatic rings. The molecule has 0 saturated heterocycles. The number of aryl methyl sites for hydroxylation is 1. The largest absolute Gasteiger partial charge is 0.492 e. The summed E-state index contributed by atoms with van der Waals surface area (Å²) in [6, 6.07) is 1.39. The molecular formula is C12H17FO3. The molecule has 1 aromatic carbocycles. The monoisotopic (exact) mass is 228 g/mol. The Kier molecular flexibility index (Phi) is 4.12. The maximum atomic E-state index is 13.6. The first kappa shape index (κ1) is 12.8. The van der Waals surface area contributed by atoms with Crippen LogP contribution in [0.15, 0.2) is 6.07 Å². The highest BCUT2D eigenvalue weighted by atomic mass is 19.1. The van der Waals surface area contributed by atoms with Crippen LogP contribution in [0.4, 0.5) is 4.39 Å². The number of rotatable bonds is 4. The average Bonchev–Trinajstić information content (AvgIpc) is 2.27. The van der Waals surface area contributed by atoms with Crippen LogP contribution in [-0.2, 0) is 0 Å². The number of ether oxygens (including phenoxy) is 2. The van der Waals surface area contributed by atoms with Crippen LogP contribution in [0.25, 0.3) is 0 Å². The third-order valence-corrected chi connectivity index (χ3v) is 2.61. The van der Waals surface area contributed by atoms with Crippen LogP contribution in [0.3, 0.4) is 0 Å². The van der Waals surface area contributed by atoms with Crippen molar-refractivity contribution in [1.29, 1.82) is 0 Å². The number of hydrogen-bond donors (Lipinski definition) is 1. The van der Waals surface area contributed by atoms with Crippen molar-refractivity contribution in [2.45, 2.75) is 19.8 Å². The first-order valence-electron chi connectivity index (χ1n) is 5.08. The van der Waals surface area contributed by atoms with Gasteiger partial charge >= 0.3 is 0 Å². The fraction of sp³-hybridized carbons (Fsp3) is 0.500. The Bertz CT molecular complexity index is 377. The lowest BCUT2D eigenvalue weighted by Gasteiger charge is -2.19. The Hall–Kier alpha value is -1.29. The van der Waals surface area contributed by atoms with Gasteiger partial charge in [0.2, 0.25) is 0 Å². The van der Waals surface area contributed by atoms with E-state index >= 15 is 0 Å². The molecule has 0 aromatic heterocycles. The van der Waals surface area contributed by atoms with E-state index in [9.17, 15) is 9.50 Å². The Morgan fingerprint density at radius 2 is 1.88 bits per heavy atom. The summed E-state index contributed by atoms with van der Waals surface area (Å²) in [5, 5.41) is 9.18. The van der Waals surface area contributed by atoms with Crippen molar-refractivity contribution >= 4 is 0 Å². The first-order valence-corrected chi connectivity index (χ1v) is 5.08. The summed E-state index contributed by atoms with van der Waals surface area (Å²) in [7, 11) is 2.86. The Morgan fingerprint density at radius 1 is 1.31 bits per heavy atom. The Labute approximate surface area is 94.8 Å². The zero-order valence-electron chi connectivity index (χ0n) is 10.0. The standard InChI is InChI=1S/C12H17FO3/c1-7-5-9(13)11(15-3)12(16-4)10(7)8(2)6-14/h5,8,14H,6H2,1-4H3. The van der Waals surface area contributed by atoms with E-state index in [0.29, 0.717) is 5.75 Å². The molecule has 0 amide bonds. The minimum Gasteiger partial charge on any atom is -0.492 e. The molecule has 1 N–H and O–H groups in total. The number of aliphatic hydroxyl groups excluding tert-OH is 1. The quantitative estimate of drug-likeness (QED) is 0.859. The molecule has 16 heavy (non-hydrogen) atoms. The molecule has 0 saturated carbocycles. The molecule has 1 unspecified atom stereocenters. The second-order valence-corrected chi connectivity index (χ2v) is 3.74. The molecule has 90 valence electrons. The number of methoxy groups -OCH3 is 2. The van der Waals surface area contributed by atoms with Crippen LogP contribution in [-0.4, -0.2) is 25.9 Å². The van der Waals surface area contributed by atoms with E-state index < -0.39 is 5.82 Å². The fourth-order valence-corrected chi connectivity index (χ4v) is 1.84. The molecule has 0 aliphatic heterocycles. The van der Waals surface area contributed by atoms with Crippen LogP contribution in [0, 0.1) is 12.7 Å². The van der Waals surface area contributed by atoms with Gasteiger partial charge in [-0.2, -0.15) is 0 Å². The van der Waals surface area contributed by atoms with Crippen LogP contribution >= 0.6 is 0 Å². The molecule has 0 radical (unpaired) electrons. The summed E-state index contributed by atoms with van der Waals surface area (Å²) in [6.07, 6.45) is 0. The minimum absolute atomic E-state index is 0.0218. The fourth-order valence-electron chi connectivity index (χ4n) is 1.84. The molecule has 4 heteroatoms. The van der Waals surface area contributed by atoms with Crippen LogP contribution in [0.1, 0.15) is 24.0 Å². The van der Waals surface area contributed by atoms with Crippen LogP contribution < -0.4 is 9.47 Å². The van der Waals surface area contributed by atoms with Crippen LogP contribution in [0.5, 0.6) is 11.5 Å². The Balaban J connectivity index is 3.45. The van der Waals surface area contributed by atoms with E-state index in [-0.39, 0.29) is 18.3 Å². The predicted molar refractivity (Wildman–Crippen MR) is 59.7 cm³/mol. The summed E-state index contributed by atoms with van der Waals surface area (Å²) < 4.78 is 23.7. The van der Waals surface area contributed by atoms with Crippen molar-refractivity contribution in [1.82, 2.24) is 0 Å². The molecule has 0 spiro atoms. The Morgan fingerprint density at radius 3 is 2.31 bits per heavy atom. The van der Waals surface area contributed by atoms with Crippen molar-refractivity contribution in [3.05, 3.63) is 23.0 Å². The van der Waals surface area contributed by atoms with Gasteiger partial charge in [-0.15, -0.1) is 0 Å². The van der Waals surface area contributed by atoms with E-state index in [1.165, 1.54) is 20.3 Å². The number of halogens is 1. The molecule has 1 atom stereocenters. The summed E-state index contributed by atoms with van der Waals surface area (Å²) in [6.45, 7) is 3.61. The lowest BCUT2D eigenvalue weighted by molar-refractivity contribution is 0.266. The third kappa shape index (κ3) is 2.11. The maximum absolute atomic E-state index is 13.6. The van der Waals surface area contributed by atoms with Gasteiger partial charge in [0.1, 0.15) is 0 Å². The number of hydrogen-bond acceptors (Lipinski definition) is 3. The lowest BCUT2D eigenvalue weighted by atomic mass is 9.95. The van der Waals surface area contributed by atoms with Crippen molar-refractivity contribution in [2.75, 3.05) is 20.8 Å². The maximum Gasteiger partial charge on any atom is 0.197 e. The highest BCUT2D eigenvalue weighted by Gasteiger charge is 2.21. The van der Waals surface area contributed by atoms with E-state index in [4.69, 9.17) is 9.47 Å². The topological polar surface area (TPSA) is 38.7 Å². The zero-order valence-corrected chi connectivity index (χ0v) is 10.0. The SMILES string of the molecule is COc1c(F)cc(C)c(C(C)CO)c1OC. The summed E-state index contributed by atoms with van der Waals surface area (Å²) >= 11 is 0.